The lowest BCUT2D eigenvalue weighted by atomic mass is 9.94. The normalized spacial score (nSPS) is 18.3. The number of fused-ring (bicyclic) bond motifs is 2. The summed E-state index contributed by atoms with van der Waals surface area (Å²) in [6.07, 6.45) is 7.75. The van der Waals surface area contributed by atoms with Crippen LogP contribution in [0, 0.1) is 0 Å². The molecule has 3 aromatic rings. The van der Waals surface area contributed by atoms with Crippen molar-refractivity contribution in [3.63, 3.8) is 0 Å². The number of hydrogen-bond acceptors (Lipinski definition) is 3. The van der Waals surface area contributed by atoms with Gasteiger partial charge in [0.05, 0.1) is 11.7 Å². The summed E-state index contributed by atoms with van der Waals surface area (Å²) in [6, 6.07) is 8.99. The van der Waals surface area contributed by atoms with Gasteiger partial charge in [-0.2, -0.15) is 5.10 Å². The van der Waals surface area contributed by atoms with Gasteiger partial charge in [0.2, 0.25) is 0 Å². The van der Waals surface area contributed by atoms with Crippen LogP contribution in [0.25, 0.3) is 5.52 Å². The number of aryl methyl sites for hydroxylation is 1. The van der Waals surface area contributed by atoms with Crippen molar-refractivity contribution in [1.82, 2.24) is 14.9 Å². The summed E-state index contributed by atoms with van der Waals surface area (Å²) < 4.78 is 1.94. The Bertz CT molecular complexity index is 728. The highest BCUT2D eigenvalue weighted by molar-refractivity contribution is 7.10. The number of nitrogens with one attached hydrogen (secondary N) is 1. The molecular formula is C16H17N3S. The zero-order valence-corrected chi connectivity index (χ0v) is 12.1. The summed E-state index contributed by atoms with van der Waals surface area (Å²) >= 11 is 1.90. The molecule has 4 heteroatoms. The molecule has 0 saturated heterocycles. The summed E-state index contributed by atoms with van der Waals surface area (Å²) in [6.45, 7) is 0.882. The SMILES string of the molecule is c1ccn2ncc(CNC3CCCc4sccc43)c2c1. The van der Waals surface area contributed by atoms with Crippen molar-refractivity contribution in [2.75, 3.05) is 0 Å². The van der Waals surface area contributed by atoms with Crippen LogP contribution < -0.4 is 5.32 Å². The van der Waals surface area contributed by atoms with E-state index in [-0.39, 0.29) is 0 Å². The van der Waals surface area contributed by atoms with E-state index in [9.17, 15) is 0 Å². The third-order valence-electron chi connectivity index (χ3n) is 4.10. The van der Waals surface area contributed by atoms with Gasteiger partial charge in [-0.1, -0.05) is 6.07 Å². The molecule has 3 aromatic heterocycles. The number of thiophene rings is 1. The number of nitrogens with zero attached hydrogens (tertiary/aromatic N) is 2. The predicted molar refractivity (Wildman–Crippen MR) is 82.0 cm³/mol. The Balaban J connectivity index is 1.54. The van der Waals surface area contributed by atoms with Gasteiger partial charge in [-0.15, -0.1) is 11.3 Å². The third-order valence-corrected chi connectivity index (χ3v) is 5.09. The van der Waals surface area contributed by atoms with Crippen LogP contribution in [0.2, 0.25) is 0 Å². The molecule has 4 rings (SSSR count). The monoisotopic (exact) mass is 283 g/mol. The Morgan fingerprint density at radius 2 is 2.35 bits per heavy atom. The second-order valence-electron chi connectivity index (χ2n) is 5.33. The molecule has 20 heavy (non-hydrogen) atoms. The van der Waals surface area contributed by atoms with E-state index in [4.69, 9.17) is 0 Å². The lowest BCUT2D eigenvalue weighted by molar-refractivity contribution is 0.464. The van der Waals surface area contributed by atoms with Crippen LogP contribution in [0.5, 0.6) is 0 Å². The molecule has 1 aliphatic carbocycles. The summed E-state index contributed by atoms with van der Waals surface area (Å²) in [5.41, 5.74) is 3.98. The van der Waals surface area contributed by atoms with Crippen LogP contribution in [-0.4, -0.2) is 9.61 Å². The highest BCUT2D eigenvalue weighted by atomic mass is 32.1. The molecule has 0 saturated carbocycles. The summed E-state index contributed by atoms with van der Waals surface area (Å²) in [5.74, 6) is 0. The lowest BCUT2D eigenvalue weighted by Crippen LogP contribution is -2.23. The van der Waals surface area contributed by atoms with Crippen molar-refractivity contribution in [2.24, 2.45) is 0 Å². The molecule has 0 aliphatic heterocycles. The highest BCUT2D eigenvalue weighted by Crippen LogP contribution is 2.33. The molecule has 1 atom stereocenters. The van der Waals surface area contributed by atoms with Crippen LogP contribution >= 0.6 is 11.3 Å². The average molecular weight is 283 g/mol. The van der Waals surface area contributed by atoms with Gasteiger partial charge < -0.3 is 5.32 Å². The standard InChI is InChI=1S/C16H17N3S/c1-2-8-19-15(5-1)12(11-18-19)10-17-14-4-3-6-16-13(14)7-9-20-16/h1-2,5,7-9,11,14,17H,3-4,6,10H2. The average Bonchev–Trinajstić information content (AvgIpc) is 3.12. The van der Waals surface area contributed by atoms with Crippen LogP contribution in [0.4, 0.5) is 0 Å². The first kappa shape index (κ1) is 12.1. The Morgan fingerprint density at radius 3 is 3.35 bits per heavy atom. The van der Waals surface area contributed by atoms with Crippen molar-refractivity contribution in [1.29, 1.82) is 0 Å². The van der Waals surface area contributed by atoms with Gasteiger partial charge in [0.15, 0.2) is 0 Å². The van der Waals surface area contributed by atoms with Gasteiger partial charge in [-0.05, 0) is 48.4 Å². The zero-order chi connectivity index (χ0) is 13.4. The molecule has 1 unspecified atom stereocenters. The second-order valence-corrected chi connectivity index (χ2v) is 6.33. The largest absolute Gasteiger partial charge is 0.306 e. The molecule has 0 bridgehead atoms. The molecule has 102 valence electrons. The molecule has 3 heterocycles. The molecule has 3 nitrogen and oxygen atoms in total. The van der Waals surface area contributed by atoms with E-state index >= 15 is 0 Å². The van der Waals surface area contributed by atoms with E-state index < -0.39 is 0 Å². The van der Waals surface area contributed by atoms with Crippen LogP contribution in [-0.2, 0) is 13.0 Å². The van der Waals surface area contributed by atoms with Crippen molar-refractivity contribution in [2.45, 2.75) is 31.8 Å². The van der Waals surface area contributed by atoms with E-state index in [2.05, 4.69) is 34.0 Å². The van der Waals surface area contributed by atoms with Gasteiger partial charge >= 0.3 is 0 Å². The quantitative estimate of drug-likeness (QED) is 0.796. The van der Waals surface area contributed by atoms with Crippen molar-refractivity contribution < 1.29 is 0 Å². The number of pyridine rings is 1. The Morgan fingerprint density at radius 1 is 1.35 bits per heavy atom. The topological polar surface area (TPSA) is 29.3 Å². The first-order valence-corrected chi connectivity index (χ1v) is 8.01. The second kappa shape index (κ2) is 5.04. The van der Waals surface area contributed by atoms with Gasteiger partial charge in [0.1, 0.15) is 0 Å². The van der Waals surface area contributed by atoms with Gasteiger partial charge in [-0.3, -0.25) is 0 Å². The Labute approximate surface area is 122 Å². The van der Waals surface area contributed by atoms with Gasteiger partial charge in [0.25, 0.3) is 0 Å². The van der Waals surface area contributed by atoms with E-state index in [0.717, 1.165) is 6.54 Å². The smallest absolute Gasteiger partial charge is 0.0706 e. The van der Waals surface area contributed by atoms with E-state index in [1.807, 2.05) is 34.3 Å². The number of aromatic nitrogens is 2. The Hall–Kier alpha value is -1.65. The van der Waals surface area contributed by atoms with Crippen molar-refractivity contribution >= 4 is 16.9 Å². The molecule has 0 spiro atoms. The number of hydrogen-bond donors (Lipinski definition) is 1. The first-order valence-electron chi connectivity index (χ1n) is 7.13. The summed E-state index contributed by atoms with van der Waals surface area (Å²) in [5, 5.41) is 10.3. The minimum Gasteiger partial charge on any atom is -0.306 e. The number of rotatable bonds is 3. The van der Waals surface area contributed by atoms with Crippen molar-refractivity contribution in [3.05, 3.63) is 58.0 Å². The maximum atomic E-state index is 4.40. The summed E-state index contributed by atoms with van der Waals surface area (Å²) in [7, 11) is 0. The Kier molecular flexibility index (Phi) is 3.05. The third kappa shape index (κ3) is 2.05. The molecule has 0 aromatic carbocycles. The molecule has 0 amide bonds. The maximum absolute atomic E-state index is 4.40. The van der Waals surface area contributed by atoms with Crippen LogP contribution in [0.1, 0.15) is 34.9 Å². The molecule has 1 aliphatic rings. The minimum absolute atomic E-state index is 0.503. The fraction of sp³-hybridized carbons (Fsp3) is 0.312. The van der Waals surface area contributed by atoms with Crippen LogP contribution in [0.15, 0.2) is 42.0 Å². The fourth-order valence-electron chi connectivity index (χ4n) is 3.06. The molecule has 0 fully saturated rings. The van der Waals surface area contributed by atoms with Crippen LogP contribution in [0.3, 0.4) is 0 Å². The fourth-order valence-corrected chi connectivity index (χ4v) is 4.04. The van der Waals surface area contributed by atoms with Gasteiger partial charge in [-0.25, -0.2) is 4.52 Å². The van der Waals surface area contributed by atoms with Gasteiger partial charge in [0, 0.05) is 29.2 Å². The van der Waals surface area contributed by atoms with Crippen molar-refractivity contribution in [3.8, 4) is 0 Å². The molecular weight excluding hydrogens is 266 g/mol. The first-order chi connectivity index (χ1) is 9.92. The molecule has 1 N–H and O–H groups in total. The van der Waals surface area contributed by atoms with E-state index in [1.54, 1.807) is 4.88 Å². The lowest BCUT2D eigenvalue weighted by Gasteiger charge is -2.23. The zero-order valence-electron chi connectivity index (χ0n) is 11.2. The predicted octanol–water partition coefficient (Wildman–Crippen LogP) is 3.56. The maximum Gasteiger partial charge on any atom is 0.0706 e. The van der Waals surface area contributed by atoms with E-state index in [0.29, 0.717) is 6.04 Å². The molecule has 0 radical (unpaired) electrons. The summed E-state index contributed by atoms with van der Waals surface area (Å²) in [4.78, 5) is 1.56. The van der Waals surface area contributed by atoms with E-state index in [1.165, 1.54) is 35.9 Å². The minimum atomic E-state index is 0.503. The highest BCUT2D eigenvalue weighted by Gasteiger charge is 2.20.